The molecule has 0 fully saturated rings. The molecule has 0 bridgehead atoms. The molecule has 0 unspecified atom stereocenters. The summed E-state index contributed by atoms with van der Waals surface area (Å²) in [6.45, 7) is 1.95. The van der Waals surface area contributed by atoms with E-state index in [1.165, 1.54) is 10.9 Å². The van der Waals surface area contributed by atoms with E-state index in [1.807, 2.05) is 31.2 Å². The molecule has 0 saturated carbocycles. The van der Waals surface area contributed by atoms with Gasteiger partial charge >= 0.3 is 5.69 Å². The summed E-state index contributed by atoms with van der Waals surface area (Å²) in [5, 5.41) is 6.02. The fourth-order valence-electron chi connectivity index (χ4n) is 1.25. The highest BCUT2D eigenvalue weighted by Crippen LogP contribution is 2.09. The topological polar surface area (TPSA) is 50.7 Å². The van der Waals surface area contributed by atoms with Gasteiger partial charge in [-0.25, -0.2) is 14.5 Å². The Hall–Kier alpha value is -1.84. The van der Waals surface area contributed by atoms with Crippen molar-refractivity contribution in [2.24, 2.45) is 0 Å². The second-order valence-corrected chi connectivity index (χ2v) is 2.82. The molecule has 0 spiro atoms. The second kappa shape index (κ2) is 2.90. The minimum absolute atomic E-state index is 0.214. The number of aromatic amines is 1. The van der Waals surface area contributed by atoms with Crippen LogP contribution in [0.15, 0.2) is 35.4 Å². The zero-order valence-electron chi connectivity index (χ0n) is 7.19. The normalized spacial score (nSPS) is 10.2. The third kappa shape index (κ3) is 1.26. The summed E-state index contributed by atoms with van der Waals surface area (Å²) in [5.74, 6) is 0. The quantitative estimate of drug-likeness (QED) is 0.699. The van der Waals surface area contributed by atoms with Gasteiger partial charge in [0.15, 0.2) is 0 Å². The molecule has 1 aromatic heterocycles. The standard InChI is InChI=1S/C9H9N3O/c1-7-4-2-3-5-8(7)12-6-10-11-9(12)13/h2-6H,1H3,(H,11,13). The minimum Gasteiger partial charge on any atom is -0.250 e. The maximum Gasteiger partial charge on any atom is 0.347 e. The molecule has 1 aromatic carbocycles. The van der Waals surface area contributed by atoms with Crippen molar-refractivity contribution in [2.75, 3.05) is 0 Å². The smallest absolute Gasteiger partial charge is 0.250 e. The molecule has 0 saturated heterocycles. The predicted octanol–water partition coefficient (Wildman–Crippen LogP) is 0.869. The Bertz CT molecular complexity index is 469. The lowest BCUT2D eigenvalue weighted by atomic mass is 10.2. The van der Waals surface area contributed by atoms with Crippen molar-refractivity contribution in [2.45, 2.75) is 6.92 Å². The summed E-state index contributed by atoms with van der Waals surface area (Å²) < 4.78 is 1.48. The van der Waals surface area contributed by atoms with Crippen LogP contribution in [0, 0.1) is 6.92 Å². The largest absolute Gasteiger partial charge is 0.347 e. The maximum absolute atomic E-state index is 11.2. The molecule has 0 radical (unpaired) electrons. The third-order valence-corrected chi connectivity index (χ3v) is 1.93. The number of aromatic nitrogens is 3. The first-order valence-electron chi connectivity index (χ1n) is 3.97. The van der Waals surface area contributed by atoms with Gasteiger partial charge in [0.2, 0.25) is 0 Å². The molecule has 66 valence electrons. The van der Waals surface area contributed by atoms with E-state index >= 15 is 0 Å². The fraction of sp³-hybridized carbons (Fsp3) is 0.111. The van der Waals surface area contributed by atoms with Gasteiger partial charge in [-0.3, -0.25) is 0 Å². The van der Waals surface area contributed by atoms with Crippen molar-refractivity contribution in [1.82, 2.24) is 14.8 Å². The third-order valence-electron chi connectivity index (χ3n) is 1.93. The summed E-state index contributed by atoms with van der Waals surface area (Å²) in [6, 6.07) is 7.66. The lowest BCUT2D eigenvalue weighted by Crippen LogP contribution is -2.14. The number of nitrogens with one attached hydrogen (secondary N) is 1. The number of benzene rings is 1. The Morgan fingerprint density at radius 1 is 1.38 bits per heavy atom. The molecule has 0 amide bonds. The van der Waals surface area contributed by atoms with E-state index in [4.69, 9.17) is 0 Å². The number of nitrogens with zero attached hydrogens (tertiary/aromatic N) is 2. The molecule has 2 aromatic rings. The Morgan fingerprint density at radius 3 is 2.77 bits per heavy atom. The molecule has 1 N–H and O–H groups in total. The number of hydrogen-bond donors (Lipinski definition) is 1. The number of H-pyrrole nitrogens is 1. The van der Waals surface area contributed by atoms with Crippen molar-refractivity contribution >= 4 is 0 Å². The number of hydrogen-bond acceptors (Lipinski definition) is 2. The van der Waals surface area contributed by atoms with Crippen LogP contribution in [0.2, 0.25) is 0 Å². The van der Waals surface area contributed by atoms with Crippen molar-refractivity contribution in [3.63, 3.8) is 0 Å². The van der Waals surface area contributed by atoms with Gasteiger partial charge in [-0.15, -0.1) is 0 Å². The van der Waals surface area contributed by atoms with Gasteiger partial charge in [-0.2, -0.15) is 5.10 Å². The Labute approximate surface area is 74.8 Å². The van der Waals surface area contributed by atoms with Crippen LogP contribution < -0.4 is 5.69 Å². The van der Waals surface area contributed by atoms with Gasteiger partial charge in [-0.05, 0) is 18.6 Å². The van der Waals surface area contributed by atoms with E-state index in [2.05, 4.69) is 10.2 Å². The monoisotopic (exact) mass is 175 g/mol. The fourth-order valence-corrected chi connectivity index (χ4v) is 1.25. The molecule has 0 aliphatic carbocycles. The highest BCUT2D eigenvalue weighted by Gasteiger charge is 2.01. The molecule has 0 aliphatic rings. The predicted molar refractivity (Wildman–Crippen MR) is 48.9 cm³/mol. The molecule has 1 heterocycles. The van der Waals surface area contributed by atoms with Crippen LogP contribution in [-0.4, -0.2) is 14.8 Å². The lowest BCUT2D eigenvalue weighted by molar-refractivity contribution is 0.973. The summed E-state index contributed by atoms with van der Waals surface area (Å²) >= 11 is 0. The zero-order valence-corrected chi connectivity index (χ0v) is 7.19. The Balaban J connectivity index is 2.66. The highest BCUT2D eigenvalue weighted by molar-refractivity contribution is 5.39. The van der Waals surface area contributed by atoms with Crippen LogP contribution in [-0.2, 0) is 0 Å². The van der Waals surface area contributed by atoms with E-state index in [0.29, 0.717) is 0 Å². The summed E-state index contributed by atoms with van der Waals surface area (Å²) in [5.41, 5.74) is 1.70. The zero-order chi connectivity index (χ0) is 9.26. The van der Waals surface area contributed by atoms with Crippen LogP contribution in [0.3, 0.4) is 0 Å². The van der Waals surface area contributed by atoms with E-state index in [-0.39, 0.29) is 5.69 Å². The number of rotatable bonds is 1. The van der Waals surface area contributed by atoms with Gasteiger partial charge in [0.25, 0.3) is 0 Å². The van der Waals surface area contributed by atoms with Gasteiger partial charge < -0.3 is 0 Å². The van der Waals surface area contributed by atoms with E-state index < -0.39 is 0 Å². The molecular formula is C9H9N3O. The molecule has 0 atom stereocenters. The average Bonchev–Trinajstić information content (AvgIpc) is 2.52. The molecular weight excluding hydrogens is 166 g/mol. The van der Waals surface area contributed by atoms with Crippen LogP contribution >= 0.6 is 0 Å². The van der Waals surface area contributed by atoms with Gasteiger partial charge in [0.05, 0.1) is 5.69 Å². The summed E-state index contributed by atoms with van der Waals surface area (Å²) in [6.07, 6.45) is 1.48. The molecule has 4 heteroatoms. The van der Waals surface area contributed by atoms with E-state index in [0.717, 1.165) is 11.3 Å². The summed E-state index contributed by atoms with van der Waals surface area (Å²) in [7, 11) is 0. The number of aryl methyl sites for hydroxylation is 1. The Kier molecular flexibility index (Phi) is 1.73. The van der Waals surface area contributed by atoms with Crippen molar-refractivity contribution in [3.05, 3.63) is 46.6 Å². The van der Waals surface area contributed by atoms with Crippen LogP contribution in [0.4, 0.5) is 0 Å². The minimum atomic E-state index is -0.214. The number of para-hydroxylation sites is 1. The molecule has 0 aliphatic heterocycles. The van der Waals surface area contributed by atoms with E-state index in [9.17, 15) is 4.79 Å². The highest BCUT2D eigenvalue weighted by atomic mass is 16.1. The summed E-state index contributed by atoms with van der Waals surface area (Å²) in [4.78, 5) is 11.2. The van der Waals surface area contributed by atoms with Crippen LogP contribution in [0.5, 0.6) is 0 Å². The molecule has 13 heavy (non-hydrogen) atoms. The first-order chi connectivity index (χ1) is 6.29. The van der Waals surface area contributed by atoms with Gasteiger partial charge in [-0.1, -0.05) is 18.2 Å². The lowest BCUT2D eigenvalue weighted by Gasteiger charge is -2.02. The molecule has 2 rings (SSSR count). The van der Waals surface area contributed by atoms with Crippen molar-refractivity contribution in [3.8, 4) is 5.69 Å². The first kappa shape index (κ1) is 7.79. The Morgan fingerprint density at radius 2 is 2.15 bits per heavy atom. The van der Waals surface area contributed by atoms with Crippen LogP contribution in [0.1, 0.15) is 5.56 Å². The van der Waals surface area contributed by atoms with Gasteiger partial charge in [0.1, 0.15) is 6.33 Å². The maximum atomic E-state index is 11.2. The SMILES string of the molecule is Cc1ccccc1-n1cn[nH]c1=O. The second-order valence-electron chi connectivity index (χ2n) is 2.82. The van der Waals surface area contributed by atoms with Crippen molar-refractivity contribution in [1.29, 1.82) is 0 Å². The van der Waals surface area contributed by atoms with Crippen LogP contribution in [0.25, 0.3) is 5.69 Å². The van der Waals surface area contributed by atoms with Crippen molar-refractivity contribution < 1.29 is 0 Å². The van der Waals surface area contributed by atoms with E-state index in [1.54, 1.807) is 0 Å². The van der Waals surface area contributed by atoms with Gasteiger partial charge in [0, 0.05) is 0 Å². The first-order valence-corrected chi connectivity index (χ1v) is 3.97. The molecule has 4 nitrogen and oxygen atoms in total. The average molecular weight is 175 g/mol.